The minimum atomic E-state index is 0.849. The van der Waals surface area contributed by atoms with Gasteiger partial charge < -0.3 is 14.2 Å². The molecule has 3 nitrogen and oxygen atoms in total. The molecule has 0 unspecified atom stereocenters. The van der Waals surface area contributed by atoms with Gasteiger partial charge in [0.05, 0.1) is 28.1 Å². The first-order valence-electron chi connectivity index (χ1n) is 17.4. The van der Waals surface area contributed by atoms with Gasteiger partial charge in [-0.3, -0.25) is 0 Å². The zero-order chi connectivity index (χ0) is 33.7. The van der Waals surface area contributed by atoms with Gasteiger partial charge in [0.25, 0.3) is 0 Å². The molecule has 0 radical (unpaired) electrons. The normalized spacial score (nSPS) is 11.5. The second kappa shape index (κ2) is 11.9. The van der Waals surface area contributed by atoms with E-state index in [4.69, 9.17) is 4.42 Å². The van der Waals surface area contributed by atoms with Crippen LogP contribution in [0.5, 0.6) is 0 Å². The number of anilines is 6. The average molecular weight is 653 g/mol. The Bertz CT molecular complexity index is 2870. The van der Waals surface area contributed by atoms with Gasteiger partial charge in [-0.2, -0.15) is 0 Å². The van der Waals surface area contributed by atoms with Crippen molar-refractivity contribution in [1.82, 2.24) is 0 Å². The van der Waals surface area contributed by atoms with E-state index in [1.54, 1.807) is 0 Å². The number of benzene rings is 9. The number of hydrogen-bond acceptors (Lipinski definition) is 3. The topological polar surface area (TPSA) is 19.6 Å². The lowest BCUT2D eigenvalue weighted by Gasteiger charge is -2.29. The molecule has 0 amide bonds. The highest BCUT2D eigenvalue weighted by Crippen LogP contribution is 2.49. The molecule has 0 aliphatic rings. The summed E-state index contributed by atoms with van der Waals surface area (Å²) in [5.41, 5.74) is 8.30. The minimum absolute atomic E-state index is 0.849. The van der Waals surface area contributed by atoms with Gasteiger partial charge >= 0.3 is 0 Å². The summed E-state index contributed by atoms with van der Waals surface area (Å²) in [4.78, 5) is 4.79. The van der Waals surface area contributed by atoms with Crippen LogP contribution in [-0.4, -0.2) is 0 Å². The van der Waals surface area contributed by atoms with Gasteiger partial charge in [0.1, 0.15) is 11.2 Å². The molecule has 10 aromatic rings. The summed E-state index contributed by atoms with van der Waals surface area (Å²) >= 11 is 0. The molecule has 9 aromatic carbocycles. The van der Waals surface area contributed by atoms with Crippen LogP contribution in [0.4, 0.5) is 34.1 Å². The van der Waals surface area contributed by atoms with Crippen molar-refractivity contribution < 1.29 is 4.42 Å². The third-order valence-electron chi connectivity index (χ3n) is 9.98. The summed E-state index contributed by atoms with van der Waals surface area (Å²) in [5.74, 6) is 0. The highest BCUT2D eigenvalue weighted by molar-refractivity contribution is 6.23. The first-order valence-corrected chi connectivity index (χ1v) is 17.4. The van der Waals surface area contributed by atoms with Crippen molar-refractivity contribution in [2.75, 3.05) is 9.80 Å². The van der Waals surface area contributed by atoms with Crippen molar-refractivity contribution in [2.24, 2.45) is 0 Å². The van der Waals surface area contributed by atoms with Gasteiger partial charge in [0, 0.05) is 38.3 Å². The third-order valence-corrected chi connectivity index (χ3v) is 9.98. The fourth-order valence-electron chi connectivity index (χ4n) is 7.76. The second-order valence-electron chi connectivity index (χ2n) is 12.9. The van der Waals surface area contributed by atoms with Crippen molar-refractivity contribution in [3.05, 3.63) is 194 Å². The fraction of sp³-hybridized carbons (Fsp3) is 0. The highest BCUT2D eigenvalue weighted by Gasteiger charge is 2.25. The molecule has 1 aromatic heterocycles. The van der Waals surface area contributed by atoms with Crippen molar-refractivity contribution in [3.8, 4) is 0 Å². The van der Waals surface area contributed by atoms with Crippen LogP contribution in [0.3, 0.4) is 0 Å². The molecular formula is C48H32N2O. The summed E-state index contributed by atoms with van der Waals surface area (Å²) in [6.45, 7) is 0. The molecule has 51 heavy (non-hydrogen) atoms. The Balaban J connectivity index is 1.32. The smallest absolute Gasteiger partial charge is 0.143 e. The molecule has 3 heteroatoms. The summed E-state index contributed by atoms with van der Waals surface area (Å²) in [6, 6.07) is 69.1. The van der Waals surface area contributed by atoms with E-state index in [1.807, 2.05) is 0 Å². The lowest BCUT2D eigenvalue weighted by Crippen LogP contribution is -2.11. The Morgan fingerprint density at radius 1 is 0.314 bits per heavy atom. The Morgan fingerprint density at radius 3 is 1.37 bits per heavy atom. The highest BCUT2D eigenvalue weighted by atomic mass is 16.3. The number of furan rings is 1. The summed E-state index contributed by atoms with van der Waals surface area (Å²) in [6.07, 6.45) is 0. The number of para-hydroxylation sites is 2. The predicted octanol–water partition coefficient (Wildman–Crippen LogP) is 14.0. The molecule has 0 saturated heterocycles. The van der Waals surface area contributed by atoms with Crippen LogP contribution >= 0.6 is 0 Å². The standard InChI is InChI=1S/C48H32N2O/c1-3-20-35(21-4-1)49(42-28-13-18-33-16-7-9-24-37(33)42)44-30-15-31-46-47(44)41-32-45(39-26-11-12-27-40(39)48(41)51-46)50(36-22-5-2-6-23-36)43-29-14-19-34-17-8-10-25-38(34)43/h1-32H. The van der Waals surface area contributed by atoms with Gasteiger partial charge in [0.2, 0.25) is 0 Å². The summed E-state index contributed by atoms with van der Waals surface area (Å²) in [7, 11) is 0. The molecule has 0 N–H and O–H groups in total. The van der Waals surface area contributed by atoms with E-state index >= 15 is 0 Å². The lowest BCUT2D eigenvalue weighted by molar-refractivity contribution is 0.672. The number of nitrogens with zero attached hydrogens (tertiary/aromatic N) is 2. The molecular weight excluding hydrogens is 621 g/mol. The second-order valence-corrected chi connectivity index (χ2v) is 12.9. The molecule has 0 bridgehead atoms. The van der Waals surface area contributed by atoms with Crippen molar-refractivity contribution >= 4 is 88.4 Å². The lowest BCUT2D eigenvalue weighted by atomic mass is 9.99. The number of fused-ring (bicyclic) bond motifs is 7. The molecule has 240 valence electrons. The van der Waals surface area contributed by atoms with Crippen LogP contribution in [0, 0.1) is 0 Å². The van der Waals surface area contributed by atoms with Crippen LogP contribution in [0.15, 0.2) is 199 Å². The van der Waals surface area contributed by atoms with Gasteiger partial charge in [-0.15, -0.1) is 0 Å². The maximum Gasteiger partial charge on any atom is 0.143 e. The quantitative estimate of drug-likeness (QED) is 0.178. The summed E-state index contributed by atoms with van der Waals surface area (Å²) in [5, 5.41) is 9.11. The Labute approximate surface area is 295 Å². The Kier molecular flexibility index (Phi) is 6.81. The predicted molar refractivity (Wildman–Crippen MR) is 216 cm³/mol. The van der Waals surface area contributed by atoms with E-state index in [2.05, 4.69) is 204 Å². The number of rotatable bonds is 6. The van der Waals surface area contributed by atoms with Gasteiger partial charge in [0.15, 0.2) is 0 Å². The van der Waals surface area contributed by atoms with Crippen molar-refractivity contribution in [3.63, 3.8) is 0 Å². The zero-order valence-electron chi connectivity index (χ0n) is 27.8. The molecule has 10 rings (SSSR count). The third kappa shape index (κ3) is 4.74. The average Bonchev–Trinajstić information content (AvgIpc) is 3.59. The molecule has 0 fully saturated rings. The zero-order valence-corrected chi connectivity index (χ0v) is 27.8. The van der Waals surface area contributed by atoms with Crippen LogP contribution in [0.25, 0.3) is 54.3 Å². The minimum Gasteiger partial charge on any atom is -0.455 e. The first-order chi connectivity index (χ1) is 25.3. The van der Waals surface area contributed by atoms with Crippen LogP contribution < -0.4 is 9.80 Å². The molecule has 1 heterocycles. The maximum absolute atomic E-state index is 6.89. The van der Waals surface area contributed by atoms with E-state index in [-0.39, 0.29) is 0 Å². The van der Waals surface area contributed by atoms with E-state index in [0.717, 1.165) is 66.8 Å². The molecule has 0 spiro atoms. The molecule has 0 aliphatic heterocycles. The monoisotopic (exact) mass is 652 g/mol. The van der Waals surface area contributed by atoms with E-state index < -0.39 is 0 Å². The van der Waals surface area contributed by atoms with Crippen LogP contribution in [0.1, 0.15) is 0 Å². The maximum atomic E-state index is 6.89. The SMILES string of the molecule is c1ccc(N(c2cccc3ccccc23)c2cc3c(oc4cccc(N(c5ccccc5)c5cccc6ccccc56)c43)c3ccccc23)cc1. The summed E-state index contributed by atoms with van der Waals surface area (Å²) < 4.78 is 6.89. The van der Waals surface area contributed by atoms with Crippen molar-refractivity contribution in [1.29, 1.82) is 0 Å². The Morgan fingerprint density at radius 2 is 0.765 bits per heavy atom. The largest absolute Gasteiger partial charge is 0.455 e. The molecule has 0 atom stereocenters. The van der Waals surface area contributed by atoms with Gasteiger partial charge in [-0.05, 0) is 65.4 Å². The first kappa shape index (κ1) is 29.1. The van der Waals surface area contributed by atoms with Crippen molar-refractivity contribution in [2.45, 2.75) is 0 Å². The number of hydrogen-bond donors (Lipinski definition) is 0. The van der Waals surface area contributed by atoms with E-state index in [1.165, 1.54) is 21.5 Å². The van der Waals surface area contributed by atoms with Crippen LogP contribution in [0.2, 0.25) is 0 Å². The molecule has 0 aliphatic carbocycles. The Hall–Kier alpha value is -6.84. The van der Waals surface area contributed by atoms with Gasteiger partial charge in [-0.1, -0.05) is 140 Å². The van der Waals surface area contributed by atoms with E-state index in [0.29, 0.717) is 0 Å². The van der Waals surface area contributed by atoms with Crippen LogP contribution in [-0.2, 0) is 0 Å². The van der Waals surface area contributed by atoms with E-state index in [9.17, 15) is 0 Å². The molecule has 0 saturated carbocycles. The van der Waals surface area contributed by atoms with Gasteiger partial charge in [-0.25, -0.2) is 0 Å². The fourth-order valence-corrected chi connectivity index (χ4v) is 7.76.